The minimum atomic E-state index is -4.70. The number of hydrogen-bond acceptors (Lipinski definition) is 6. The summed E-state index contributed by atoms with van der Waals surface area (Å²) in [5.41, 5.74) is 0.294. The van der Waals surface area contributed by atoms with Gasteiger partial charge < -0.3 is 9.84 Å². The molecule has 1 N–H and O–H groups in total. The van der Waals surface area contributed by atoms with Crippen LogP contribution in [0.25, 0.3) is 10.9 Å². The van der Waals surface area contributed by atoms with Gasteiger partial charge in [0.2, 0.25) is 5.89 Å². The van der Waals surface area contributed by atoms with Gasteiger partial charge in [-0.1, -0.05) is 21.1 Å². The Morgan fingerprint density at radius 1 is 1.24 bits per heavy atom. The maximum absolute atomic E-state index is 13.4. The number of alkyl halides is 3. The Kier molecular flexibility index (Phi) is 5.42. The first kappa shape index (κ1) is 22.5. The second kappa shape index (κ2) is 8.19. The van der Waals surface area contributed by atoms with Crippen LogP contribution in [0.3, 0.4) is 0 Å². The molecule has 1 aliphatic rings. The van der Waals surface area contributed by atoms with Gasteiger partial charge in [-0.05, 0) is 51.0 Å². The Bertz CT molecular complexity index is 1420. The van der Waals surface area contributed by atoms with Crippen molar-refractivity contribution < 1.29 is 22.5 Å². The summed E-state index contributed by atoms with van der Waals surface area (Å²) in [5, 5.41) is 11.4. The van der Waals surface area contributed by atoms with Crippen LogP contribution in [0.5, 0.6) is 0 Å². The number of nitrogens with zero attached hydrogens (tertiary/aromatic N) is 5. The zero-order chi connectivity index (χ0) is 24.2. The van der Waals surface area contributed by atoms with Crippen molar-refractivity contribution >= 4 is 38.4 Å². The molecule has 4 aromatic rings. The van der Waals surface area contributed by atoms with Gasteiger partial charge in [-0.3, -0.25) is 9.48 Å². The smallest absolute Gasteiger partial charge is 0.337 e. The van der Waals surface area contributed by atoms with Crippen LogP contribution in [0.1, 0.15) is 57.9 Å². The molecule has 0 radical (unpaired) electrons. The molecule has 34 heavy (non-hydrogen) atoms. The number of aromatic nitrogens is 5. The summed E-state index contributed by atoms with van der Waals surface area (Å²) < 4.78 is 47.8. The Hall–Kier alpha value is -3.28. The van der Waals surface area contributed by atoms with Crippen LogP contribution < -0.4 is 5.32 Å². The van der Waals surface area contributed by atoms with E-state index in [0.717, 1.165) is 18.9 Å². The van der Waals surface area contributed by atoms with Crippen molar-refractivity contribution in [1.29, 1.82) is 0 Å². The lowest BCUT2D eigenvalue weighted by atomic mass is 10.1. The summed E-state index contributed by atoms with van der Waals surface area (Å²) >= 11 is 3.30. The fraction of sp³-hybridized carbons (Fsp3) is 0.318. The van der Waals surface area contributed by atoms with Crippen molar-refractivity contribution in [2.24, 2.45) is 0 Å². The van der Waals surface area contributed by atoms with Gasteiger partial charge in [0, 0.05) is 15.8 Å². The topological polar surface area (TPSA) is 98.7 Å². The quantitative estimate of drug-likeness (QED) is 0.368. The number of aryl methyl sites for hydroxylation is 1. The SMILES string of the molecule is Cc1nn(Cc2nc(C3CC3)no2)c(C)c1NC(=O)c1cc(C(F)(F)F)nc2ccc(Br)cc12. The maximum Gasteiger partial charge on any atom is 0.433 e. The molecule has 1 amide bonds. The van der Waals surface area contributed by atoms with Crippen LogP contribution in [0, 0.1) is 13.8 Å². The molecule has 0 saturated heterocycles. The second-order valence-corrected chi connectivity index (χ2v) is 9.11. The third kappa shape index (κ3) is 4.29. The molecule has 0 unspecified atom stereocenters. The van der Waals surface area contributed by atoms with Crippen LogP contribution in [0.2, 0.25) is 0 Å². The van der Waals surface area contributed by atoms with E-state index in [4.69, 9.17) is 4.52 Å². The molecule has 0 spiro atoms. The predicted molar refractivity (Wildman–Crippen MR) is 119 cm³/mol. The molecule has 1 fully saturated rings. The van der Waals surface area contributed by atoms with E-state index in [2.05, 4.69) is 41.5 Å². The average Bonchev–Trinajstić information content (AvgIpc) is 3.47. The number of carbonyl (C=O) groups is 1. The Morgan fingerprint density at radius 3 is 2.71 bits per heavy atom. The number of benzene rings is 1. The molecule has 3 aromatic heterocycles. The number of fused-ring (bicyclic) bond motifs is 1. The van der Waals surface area contributed by atoms with E-state index < -0.39 is 17.8 Å². The highest BCUT2D eigenvalue weighted by Crippen LogP contribution is 2.38. The van der Waals surface area contributed by atoms with Gasteiger partial charge in [0.1, 0.15) is 12.2 Å². The number of rotatable bonds is 5. The highest BCUT2D eigenvalue weighted by Gasteiger charge is 2.34. The average molecular weight is 535 g/mol. The molecular weight excluding hydrogens is 517 g/mol. The molecule has 5 rings (SSSR count). The third-order valence-electron chi connectivity index (χ3n) is 5.64. The molecule has 1 aromatic carbocycles. The van der Waals surface area contributed by atoms with Crippen molar-refractivity contribution in [3.8, 4) is 0 Å². The minimum absolute atomic E-state index is 0.0650. The number of amides is 1. The summed E-state index contributed by atoms with van der Waals surface area (Å²) in [6.07, 6.45) is -2.60. The lowest BCUT2D eigenvalue weighted by Gasteiger charge is -2.13. The van der Waals surface area contributed by atoms with Crippen molar-refractivity contribution in [2.45, 2.75) is 45.3 Å². The van der Waals surface area contributed by atoms with Gasteiger partial charge in [-0.15, -0.1) is 0 Å². The highest BCUT2D eigenvalue weighted by molar-refractivity contribution is 9.10. The van der Waals surface area contributed by atoms with Crippen LogP contribution in [0.4, 0.5) is 18.9 Å². The van der Waals surface area contributed by atoms with Gasteiger partial charge in [0.25, 0.3) is 5.91 Å². The zero-order valence-electron chi connectivity index (χ0n) is 18.1. The van der Waals surface area contributed by atoms with E-state index in [-0.39, 0.29) is 17.6 Å². The monoisotopic (exact) mass is 534 g/mol. The van der Waals surface area contributed by atoms with Gasteiger partial charge >= 0.3 is 6.18 Å². The van der Waals surface area contributed by atoms with Crippen LogP contribution in [-0.2, 0) is 12.7 Å². The number of nitrogens with one attached hydrogen (secondary N) is 1. The molecule has 12 heteroatoms. The number of carbonyl (C=O) groups excluding carboxylic acids is 1. The fourth-order valence-electron chi connectivity index (χ4n) is 3.71. The van der Waals surface area contributed by atoms with Gasteiger partial charge in [0.05, 0.1) is 28.2 Å². The minimum Gasteiger partial charge on any atom is -0.337 e. The van der Waals surface area contributed by atoms with Gasteiger partial charge in [-0.2, -0.15) is 23.3 Å². The molecule has 0 aliphatic heterocycles. The van der Waals surface area contributed by atoms with Crippen molar-refractivity contribution in [3.63, 3.8) is 0 Å². The molecule has 0 atom stereocenters. The molecule has 176 valence electrons. The summed E-state index contributed by atoms with van der Waals surface area (Å²) in [6.45, 7) is 3.66. The normalized spacial score (nSPS) is 14.1. The van der Waals surface area contributed by atoms with Crippen LogP contribution in [0.15, 0.2) is 33.3 Å². The molecule has 3 heterocycles. The van der Waals surface area contributed by atoms with Gasteiger partial charge in [-0.25, -0.2) is 4.98 Å². The first-order valence-electron chi connectivity index (χ1n) is 10.5. The molecule has 0 bridgehead atoms. The third-order valence-corrected chi connectivity index (χ3v) is 6.13. The number of pyridine rings is 1. The second-order valence-electron chi connectivity index (χ2n) is 8.19. The standard InChI is InChI=1S/C22H18BrF3N6O2/c1-10-19(11(2)32(30-10)9-18-28-20(31-34-18)12-3-4-12)29-21(33)15-8-17(22(24,25)26)27-16-6-5-13(23)7-14(15)16/h5-8,12H,3-4,9H2,1-2H3,(H,29,33). The van der Waals surface area contributed by atoms with E-state index in [0.29, 0.717) is 44.6 Å². The van der Waals surface area contributed by atoms with E-state index in [1.54, 1.807) is 30.7 Å². The summed E-state index contributed by atoms with van der Waals surface area (Å²) in [7, 11) is 0. The highest BCUT2D eigenvalue weighted by atomic mass is 79.9. The largest absolute Gasteiger partial charge is 0.433 e. The van der Waals surface area contributed by atoms with Crippen molar-refractivity contribution in [3.05, 3.63) is 63.1 Å². The summed E-state index contributed by atoms with van der Waals surface area (Å²) in [6, 6.07) is 5.33. The molecule has 1 aliphatic carbocycles. The maximum atomic E-state index is 13.4. The van der Waals surface area contributed by atoms with Crippen LogP contribution in [-0.4, -0.2) is 30.8 Å². The lowest BCUT2D eigenvalue weighted by Crippen LogP contribution is -2.17. The van der Waals surface area contributed by atoms with E-state index in [1.165, 1.54) is 6.07 Å². The Labute approximate surface area is 199 Å². The van der Waals surface area contributed by atoms with E-state index >= 15 is 0 Å². The first-order valence-corrected chi connectivity index (χ1v) is 11.2. The van der Waals surface area contributed by atoms with Gasteiger partial charge in [0.15, 0.2) is 5.82 Å². The van der Waals surface area contributed by atoms with Crippen molar-refractivity contribution in [1.82, 2.24) is 24.9 Å². The Balaban J connectivity index is 1.46. The molecular formula is C22H18BrF3N6O2. The number of anilines is 1. The number of halogens is 4. The zero-order valence-corrected chi connectivity index (χ0v) is 19.7. The first-order chi connectivity index (χ1) is 16.1. The fourth-order valence-corrected chi connectivity index (χ4v) is 4.07. The summed E-state index contributed by atoms with van der Waals surface area (Å²) in [5.74, 6) is 0.728. The van der Waals surface area contributed by atoms with Crippen LogP contribution >= 0.6 is 15.9 Å². The van der Waals surface area contributed by atoms with E-state index in [9.17, 15) is 18.0 Å². The molecule has 8 nitrogen and oxygen atoms in total. The number of hydrogen-bond donors (Lipinski definition) is 1. The Morgan fingerprint density at radius 2 is 2.00 bits per heavy atom. The summed E-state index contributed by atoms with van der Waals surface area (Å²) in [4.78, 5) is 21.2. The van der Waals surface area contributed by atoms with E-state index in [1.807, 2.05) is 0 Å². The predicted octanol–water partition coefficient (Wildman–Crippen LogP) is 5.39. The lowest BCUT2D eigenvalue weighted by molar-refractivity contribution is -0.140. The van der Waals surface area contributed by atoms with Crippen molar-refractivity contribution in [2.75, 3.05) is 5.32 Å². The molecule has 1 saturated carbocycles.